The van der Waals surface area contributed by atoms with Gasteiger partial charge in [0.1, 0.15) is 0 Å². The maximum atomic E-state index is 12.3. The predicted molar refractivity (Wildman–Crippen MR) is 112 cm³/mol. The van der Waals surface area contributed by atoms with Crippen molar-refractivity contribution in [1.82, 2.24) is 4.90 Å². The number of halogens is 1. The van der Waals surface area contributed by atoms with E-state index < -0.39 is 0 Å². The first-order valence-corrected chi connectivity index (χ1v) is 10.3. The van der Waals surface area contributed by atoms with Gasteiger partial charge in [-0.2, -0.15) is 0 Å². The van der Waals surface area contributed by atoms with Gasteiger partial charge in [-0.25, -0.2) is 4.79 Å². The minimum atomic E-state index is -0.376. The Bertz CT molecular complexity index is 553. The van der Waals surface area contributed by atoms with E-state index in [4.69, 9.17) is 18.9 Å². The molecule has 6 nitrogen and oxygen atoms in total. The van der Waals surface area contributed by atoms with Crippen molar-refractivity contribution in [2.45, 2.75) is 52.4 Å². The summed E-state index contributed by atoms with van der Waals surface area (Å²) in [5, 5.41) is 0. The molecular weight excluding hydrogens is 394 g/mol. The number of benzene rings is 1. The zero-order valence-electron chi connectivity index (χ0n) is 18.6. The summed E-state index contributed by atoms with van der Waals surface area (Å²) in [4.78, 5) is 14.8. The van der Waals surface area contributed by atoms with Crippen LogP contribution in [0.15, 0.2) is 12.1 Å². The van der Waals surface area contributed by atoms with Crippen molar-refractivity contribution in [3.05, 3.63) is 17.7 Å². The highest BCUT2D eigenvalue weighted by Crippen LogP contribution is 2.38. The fraction of sp³-hybridized carbons (Fsp3) is 0.682. The quantitative estimate of drug-likeness (QED) is 0.311. The molecule has 0 atom stereocenters. The van der Waals surface area contributed by atoms with Gasteiger partial charge in [0.05, 0.1) is 33.5 Å². The lowest BCUT2D eigenvalue weighted by molar-refractivity contribution is -0.0000249. The standard InChI is InChI=1S/C22H37NO5.ClH/c1-6-23(7-2)14-12-10-8-9-11-13-15-28-22(24)18-16-19(25-3)21(27-5)20(17-18)26-4;/h16-17H,6-15H2,1-5H3;1H/p-1. The molecule has 0 saturated carbocycles. The molecule has 0 fully saturated rings. The van der Waals surface area contributed by atoms with Crippen molar-refractivity contribution in [3.8, 4) is 17.2 Å². The van der Waals surface area contributed by atoms with Crippen LogP contribution in [0, 0.1) is 0 Å². The van der Waals surface area contributed by atoms with E-state index in [-0.39, 0.29) is 18.4 Å². The van der Waals surface area contributed by atoms with Crippen LogP contribution < -0.4 is 26.6 Å². The number of carbonyl (C=O) groups is 1. The highest BCUT2D eigenvalue weighted by atomic mass is 35.5. The Morgan fingerprint density at radius 1 is 0.828 bits per heavy atom. The molecule has 1 aromatic carbocycles. The average molecular weight is 431 g/mol. The van der Waals surface area contributed by atoms with Crippen molar-refractivity contribution in [1.29, 1.82) is 0 Å². The van der Waals surface area contributed by atoms with Crippen LogP contribution >= 0.6 is 0 Å². The molecule has 0 heterocycles. The Labute approximate surface area is 182 Å². The van der Waals surface area contributed by atoms with Crippen LogP contribution in [0.1, 0.15) is 62.7 Å². The highest BCUT2D eigenvalue weighted by molar-refractivity contribution is 5.91. The van der Waals surface area contributed by atoms with Gasteiger partial charge in [0.15, 0.2) is 11.5 Å². The molecule has 0 radical (unpaired) electrons. The van der Waals surface area contributed by atoms with Crippen LogP contribution in [-0.2, 0) is 4.74 Å². The summed E-state index contributed by atoms with van der Waals surface area (Å²) in [5.74, 6) is 0.970. The summed E-state index contributed by atoms with van der Waals surface area (Å²) in [5.41, 5.74) is 0.394. The van der Waals surface area contributed by atoms with Crippen molar-refractivity contribution in [2.75, 3.05) is 47.6 Å². The first kappa shape index (κ1) is 27.3. The molecule has 0 aliphatic rings. The molecule has 168 valence electrons. The number of carbonyl (C=O) groups excluding carboxylic acids is 1. The third-order valence-corrected chi connectivity index (χ3v) is 4.90. The van der Waals surface area contributed by atoms with Crippen molar-refractivity contribution < 1.29 is 36.1 Å². The zero-order valence-corrected chi connectivity index (χ0v) is 19.3. The van der Waals surface area contributed by atoms with Gasteiger partial charge in [-0.3, -0.25) is 0 Å². The molecule has 0 saturated heterocycles. The number of hydrogen-bond acceptors (Lipinski definition) is 6. The summed E-state index contributed by atoms with van der Waals surface area (Å²) in [6.07, 6.45) is 6.90. The molecule has 1 rings (SSSR count). The molecule has 0 aromatic heterocycles. The molecule has 0 aliphatic carbocycles. The number of esters is 1. The number of unbranched alkanes of at least 4 members (excludes halogenated alkanes) is 5. The van der Waals surface area contributed by atoms with Crippen molar-refractivity contribution >= 4 is 5.97 Å². The van der Waals surface area contributed by atoms with Gasteiger partial charge in [-0.15, -0.1) is 0 Å². The monoisotopic (exact) mass is 430 g/mol. The van der Waals surface area contributed by atoms with Crippen molar-refractivity contribution in [3.63, 3.8) is 0 Å². The molecule has 7 heteroatoms. The Morgan fingerprint density at radius 2 is 1.34 bits per heavy atom. The SMILES string of the molecule is CCN(CC)CCCCCCCCOC(=O)c1cc(OC)c(OC)c(OC)c1.[Cl-]. The molecule has 0 bridgehead atoms. The van der Waals surface area contributed by atoms with E-state index in [1.807, 2.05) is 0 Å². The molecule has 0 aliphatic heterocycles. The molecule has 0 N–H and O–H groups in total. The molecule has 0 unspecified atom stereocenters. The van der Waals surface area contributed by atoms with Gasteiger partial charge in [0.25, 0.3) is 0 Å². The second-order valence-corrected chi connectivity index (χ2v) is 6.70. The Kier molecular flexibility index (Phi) is 15.2. The van der Waals surface area contributed by atoms with Crippen molar-refractivity contribution in [2.24, 2.45) is 0 Å². The lowest BCUT2D eigenvalue weighted by Crippen LogP contribution is -3.00. The number of ether oxygens (including phenoxy) is 4. The first-order valence-electron chi connectivity index (χ1n) is 10.3. The topological polar surface area (TPSA) is 57.2 Å². The molecular formula is C22H37ClNO5-. The van der Waals surface area contributed by atoms with E-state index in [1.54, 1.807) is 12.1 Å². The maximum absolute atomic E-state index is 12.3. The van der Waals surface area contributed by atoms with Gasteiger partial charge in [0, 0.05) is 0 Å². The van der Waals surface area contributed by atoms with Crippen LogP contribution in [0.3, 0.4) is 0 Å². The van der Waals surface area contributed by atoms with Crippen LogP contribution in [-0.4, -0.2) is 58.4 Å². The van der Waals surface area contributed by atoms with Crippen LogP contribution in [0.2, 0.25) is 0 Å². The van der Waals surface area contributed by atoms with E-state index in [2.05, 4.69) is 18.7 Å². The van der Waals surface area contributed by atoms with E-state index in [1.165, 1.54) is 53.6 Å². The number of nitrogens with zero attached hydrogens (tertiary/aromatic N) is 1. The second kappa shape index (κ2) is 16.2. The van der Waals surface area contributed by atoms with Crippen LogP contribution in [0.4, 0.5) is 0 Å². The third kappa shape index (κ3) is 9.59. The largest absolute Gasteiger partial charge is 1.00 e. The van der Waals surface area contributed by atoms with E-state index in [9.17, 15) is 4.79 Å². The lowest BCUT2D eigenvalue weighted by Gasteiger charge is -2.17. The third-order valence-electron chi connectivity index (χ3n) is 4.90. The minimum absolute atomic E-state index is 0. The summed E-state index contributed by atoms with van der Waals surface area (Å²) in [6, 6.07) is 3.22. The van der Waals surface area contributed by atoms with Gasteiger partial charge < -0.3 is 36.3 Å². The number of methoxy groups -OCH3 is 3. The molecule has 0 spiro atoms. The number of hydrogen-bond donors (Lipinski definition) is 0. The summed E-state index contributed by atoms with van der Waals surface area (Å²) in [7, 11) is 4.57. The molecule has 1 aromatic rings. The Balaban J connectivity index is 0.00000784. The summed E-state index contributed by atoms with van der Waals surface area (Å²) < 4.78 is 21.2. The number of rotatable bonds is 15. The smallest absolute Gasteiger partial charge is 0.338 e. The van der Waals surface area contributed by atoms with E-state index >= 15 is 0 Å². The first-order chi connectivity index (χ1) is 13.6. The fourth-order valence-electron chi connectivity index (χ4n) is 3.13. The normalized spacial score (nSPS) is 10.4. The van der Waals surface area contributed by atoms with Gasteiger partial charge in [0.2, 0.25) is 5.75 Å². The Morgan fingerprint density at radius 3 is 1.83 bits per heavy atom. The molecule has 29 heavy (non-hydrogen) atoms. The van der Waals surface area contributed by atoms with Crippen LogP contribution in [0.25, 0.3) is 0 Å². The van der Waals surface area contributed by atoms with E-state index in [0.717, 1.165) is 25.9 Å². The average Bonchev–Trinajstić information content (AvgIpc) is 2.73. The minimum Gasteiger partial charge on any atom is -1.00 e. The predicted octanol–water partition coefficient (Wildman–Crippen LogP) is 1.56. The maximum Gasteiger partial charge on any atom is 0.338 e. The van der Waals surface area contributed by atoms with E-state index in [0.29, 0.717) is 29.4 Å². The summed E-state index contributed by atoms with van der Waals surface area (Å²) in [6.45, 7) is 8.31. The fourth-order valence-corrected chi connectivity index (χ4v) is 3.13. The lowest BCUT2D eigenvalue weighted by atomic mass is 10.1. The second-order valence-electron chi connectivity index (χ2n) is 6.70. The molecule has 0 amide bonds. The highest BCUT2D eigenvalue weighted by Gasteiger charge is 2.17. The van der Waals surface area contributed by atoms with Gasteiger partial charge >= 0.3 is 5.97 Å². The van der Waals surface area contributed by atoms with Gasteiger partial charge in [-0.05, 0) is 44.6 Å². The van der Waals surface area contributed by atoms with Gasteiger partial charge in [-0.1, -0.05) is 39.5 Å². The van der Waals surface area contributed by atoms with Crippen LogP contribution in [0.5, 0.6) is 17.2 Å². The Hall–Kier alpha value is -1.66. The zero-order chi connectivity index (χ0) is 20.8. The summed E-state index contributed by atoms with van der Waals surface area (Å²) >= 11 is 0.